The fourth-order valence-electron chi connectivity index (χ4n) is 1.16. The van der Waals surface area contributed by atoms with Gasteiger partial charge in [-0.05, 0) is 19.1 Å². The van der Waals surface area contributed by atoms with E-state index in [1.165, 1.54) is 0 Å². The Labute approximate surface area is 96.9 Å². The summed E-state index contributed by atoms with van der Waals surface area (Å²) in [5.74, 6) is 0.975. The number of aromatic nitrogens is 1. The third kappa shape index (κ3) is 5.07. The summed E-state index contributed by atoms with van der Waals surface area (Å²) in [5, 5.41) is 3.30. The van der Waals surface area contributed by atoms with Crippen molar-refractivity contribution >= 4 is 17.4 Å². The lowest BCUT2D eigenvalue weighted by Crippen LogP contribution is -2.08. The van der Waals surface area contributed by atoms with Crippen molar-refractivity contribution in [2.45, 2.75) is 38.2 Å². The van der Waals surface area contributed by atoms with Crippen LogP contribution in [0.15, 0.2) is 18.3 Å². The molecule has 0 saturated carbocycles. The first kappa shape index (κ1) is 12.4. The average Bonchev–Trinajstić information content (AvgIpc) is 2.15. The maximum Gasteiger partial charge on any atom is 0.0523 e. The van der Waals surface area contributed by atoms with Gasteiger partial charge in [-0.25, -0.2) is 0 Å². The zero-order chi connectivity index (χ0) is 11.3. The van der Waals surface area contributed by atoms with Gasteiger partial charge in [0.25, 0.3) is 0 Å². The van der Waals surface area contributed by atoms with Gasteiger partial charge < -0.3 is 5.32 Å². The summed E-state index contributed by atoms with van der Waals surface area (Å²) in [6.45, 7) is 9.74. The maximum absolute atomic E-state index is 4.36. The van der Waals surface area contributed by atoms with Crippen LogP contribution in [0.4, 0.5) is 5.69 Å². The van der Waals surface area contributed by atoms with Crippen molar-refractivity contribution in [2.75, 3.05) is 11.9 Å². The quantitative estimate of drug-likeness (QED) is 0.846. The summed E-state index contributed by atoms with van der Waals surface area (Å²) >= 11 is 1.92. The number of anilines is 1. The molecule has 84 valence electrons. The van der Waals surface area contributed by atoms with Crippen molar-refractivity contribution in [3.05, 3.63) is 24.0 Å². The Morgan fingerprint density at radius 3 is 2.73 bits per heavy atom. The number of rotatable bonds is 4. The SMILES string of the molecule is CCNc1ccnc(CSC(C)(C)C)c1. The highest BCUT2D eigenvalue weighted by molar-refractivity contribution is 7.99. The van der Waals surface area contributed by atoms with E-state index in [0.29, 0.717) is 4.75 Å². The molecule has 1 aromatic rings. The van der Waals surface area contributed by atoms with Gasteiger partial charge in [0.2, 0.25) is 0 Å². The molecule has 0 unspecified atom stereocenters. The predicted molar refractivity (Wildman–Crippen MR) is 69.4 cm³/mol. The highest BCUT2D eigenvalue weighted by atomic mass is 32.2. The summed E-state index contributed by atoms with van der Waals surface area (Å²) < 4.78 is 0.301. The molecule has 0 spiro atoms. The van der Waals surface area contributed by atoms with Crippen LogP contribution in [0.25, 0.3) is 0 Å². The Morgan fingerprint density at radius 2 is 2.13 bits per heavy atom. The van der Waals surface area contributed by atoms with Gasteiger partial charge in [0.15, 0.2) is 0 Å². The summed E-state index contributed by atoms with van der Waals surface area (Å²) in [6, 6.07) is 4.14. The predicted octanol–water partition coefficient (Wildman–Crippen LogP) is 3.55. The lowest BCUT2D eigenvalue weighted by atomic mass is 10.3. The Hall–Kier alpha value is -0.700. The Balaban J connectivity index is 2.57. The van der Waals surface area contributed by atoms with E-state index in [4.69, 9.17) is 0 Å². The van der Waals surface area contributed by atoms with Crippen molar-refractivity contribution in [1.29, 1.82) is 0 Å². The average molecular weight is 224 g/mol. The molecule has 1 rings (SSSR count). The molecule has 1 aromatic heterocycles. The number of nitrogens with zero attached hydrogens (tertiary/aromatic N) is 1. The monoisotopic (exact) mass is 224 g/mol. The van der Waals surface area contributed by atoms with Crippen LogP contribution in [0.2, 0.25) is 0 Å². The van der Waals surface area contributed by atoms with Crippen molar-refractivity contribution in [1.82, 2.24) is 4.98 Å². The third-order valence-electron chi connectivity index (χ3n) is 1.85. The highest BCUT2D eigenvalue weighted by Crippen LogP contribution is 2.26. The molecule has 2 nitrogen and oxygen atoms in total. The second-order valence-electron chi connectivity index (χ2n) is 4.47. The minimum absolute atomic E-state index is 0.301. The first-order chi connectivity index (χ1) is 7.01. The van der Waals surface area contributed by atoms with E-state index in [2.05, 4.69) is 44.1 Å². The first-order valence-corrected chi connectivity index (χ1v) is 6.32. The van der Waals surface area contributed by atoms with Gasteiger partial charge >= 0.3 is 0 Å². The van der Waals surface area contributed by atoms with Gasteiger partial charge in [-0.1, -0.05) is 20.8 Å². The number of nitrogens with one attached hydrogen (secondary N) is 1. The molecular weight excluding hydrogens is 204 g/mol. The molecule has 0 aromatic carbocycles. The lowest BCUT2D eigenvalue weighted by molar-refractivity contribution is 0.801. The zero-order valence-electron chi connectivity index (χ0n) is 10.0. The van der Waals surface area contributed by atoms with Crippen LogP contribution < -0.4 is 5.32 Å². The summed E-state index contributed by atoms with van der Waals surface area (Å²) in [5.41, 5.74) is 2.31. The second-order valence-corrected chi connectivity index (χ2v) is 6.27. The minimum Gasteiger partial charge on any atom is -0.385 e. The van der Waals surface area contributed by atoms with Crippen molar-refractivity contribution in [3.8, 4) is 0 Å². The normalized spacial score (nSPS) is 11.5. The maximum atomic E-state index is 4.36. The van der Waals surface area contributed by atoms with Crippen molar-refractivity contribution in [2.24, 2.45) is 0 Å². The highest BCUT2D eigenvalue weighted by Gasteiger charge is 2.10. The van der Waals surface area contributed by atoms with Crippen molar-refractivity contribution < 1.29 is 0 Å². The molecule has 0 aliphatic heterocycles. The number of hydrogen-bond acceptors (Lipinski definition) is 3. The van der Waals surface area contributed by atoms with Gasteiger partial charge in [0.05, 0.1) is 5.69 Å². The zero-order valence-corrected chi connectivity index (χ0v) is 10.8. The molecule has 0 aliphatic carbocycles. The van der Waals surface area contributed by atoms with Gasteiger partial charge in [-0.15, -0.1) is 11.8 Å². The molecule has 0 aliphatic rings. The fraction of sp³-hybridized carbons (Fsp3) is 0.583. The van der Waals surface area contributed by atoms with E-state index in [1.807, 2.05) is 24.0 Å². The fourth-order valence-corrected chi connectivity index (χ4v) is 1.90. The van der Waals surface area contributed by atoms with Crippen LogP contribution in [0.3, 0.4) is 0 Å². The molecule has 0 saturated heterocycles. The number of thioether (sulfide) groups is 1. The Morgan fingerprint density at radius 1 is 1.40 bits per heavy atom. The van der Waals surface area contributed by atoms with Crippen LogP contribution in [0, 0.1) is 0 Å². The van der Waals surface area contributed by atoms with Crippen LogP contribution >= 0.6 is 11.8 Å². The molecule has 0 fully saturated rings. The van der Waals surface area contributed by atoms with E-state index in [-0.39, 0.29) is 0 Å². The van der Waals surface area contributed by atoms with Crippen LogP contribution in [-0.4, -0.2) is 16.3 Å². The minimum atomic E-state index is 0.301. The summed E-state index contributed by atoms with van der Waals surface area (Å²) in [4.78, 5) is 4.36. The molecule has 0 bridgehead atoms. The largest absolute Gasteiger partial charge is 0.385 e. The third-order valence-corrected chi connectivity index (χ3v) is 3.16. The Bertz CT molecular complexity index is 305. The molecule has 15 heavy (non-hydrogen) atoms. The van der Waals surface area contributed by atoms with E-state index >= 15 is 0 Å². The molecule has 0 amide bonds. The lowest BCUT2D eigenvalue weighted by Gasteiger charge is -2.17. The number of hydrogen-bond donors (Lipinski definition) is 1. The summed E-state index contributed by atoms with van der Waals surface area (Å²) in [6.07, 6.45) is 1.87. The molecule has 0 radical (unpaired) electrons. The smallest absolute Gasteiger partial charge is 0.0523 e. The van der Waals surface area contributed by atoms with E-state index in [9.17, 15) is 0 Å². The topological polar surface area (TPSA) is 24.9 Å². The summed E-state index contributed by atoms with van der Waals surface area (Å²) in [7, 11) is 0. The molecule has 3 heteroatoms. The Kier molecular flexibility index (Phi) is 4.45. The van der Waals surface area contributed by atoms with Crippen LogP contribution in [0.5, 0.6) is 0 Å². The van der Waals surface area contributed by atoms with E-state index < -0.39 is 0 Å². The molecule has 1 heterocycles. The van der Waals surface area contributed by atoms with Crippen LogP contribution in [-0.2, 0) is 5.75 Å². The first-order valence-electron chi connectivity index (χ1n) is 5.34. The van der Waals surface area contributed by atoms with E-state index in [1.54, 1.807) is 0 Å². The van der Waals surface area contributed by atoms with Gasteiger partial charge in [-0.3, -0.25) is 4.98 Å². The second kappa shape index (κ2) is 5.40. The van der Waals surface area contributed by atoms with Crippen molar-refractivity contribution in [3.63, 3.8) is 0 Å². The van der Waals surface area contributed by atoms with Crippen LogP contribution in [0.1, 0.15) is 33.4 Å². The van der Waals surface area contributed by atoms with Gasteiger partial charge in [0, 0.05) is 28.9 Å². The molecule has 0 atom stereocenters. The van der Waals surface area contributed by atoms with E-state index in [0.717, 1.165) is 23.7 Å². The van der Waals surface area contributed by atoms with Gasteiger partial charge in [0.1, 0.15) is 0 Å². The number of pyridine rings is 1. The standard InChI is InChI=1S/C12H20N2S/c1-5-13-10-6-7-14-11(8-10)9-15-12(2,3)4/h6-8H,5,9H2,1-4H3,(H,13,14). The van der Waals surface area contributed by atoms with Gasteiger partial charge in [-0.2, -0.15) is 0 Å². The molecular formula is C12H20N2S. The molecule has 1 N–H and O–H groups in total.